The molecule has 2 aromatic rings. The summed E-state index contributed by atoms with van der Waals surface area (Å²) in [5.41, 5.74) is 1.10. The number of piperidine rings is 1. The van der Waals surface area contributed by atoms with E-state index in [1.54, 1.807) is 0 Å². The molecule has 0 unspecified atom stereocenters. The number of hydrogen-bond donors (Lipinski definition) is 0. The highest BCUT2D eigenvalue weighted by Gasteiger charge is 2.23. The van der Waals surface area contributed by atoms with Crippen LogP contribution in [0.2, 0.25) is 0 Å². The van der Waals surface area contributed by atoms with Gasteiger partial charge >= 0.3 is 0 Å². The molecule has 1 aromatic heterocycles. The Morgan fingerprint density at radius 2 is 1.65 bits per heavy atom. The normalized spacial score (nSPS) is 16.3. The van der Waals surface area contributed by atoms with Crippen molar-refractivity contribution in [3.05, 3.63) is 60.4 Å². The van der Waals surface area contributed by atoms with Gasteiger partial charge in [-0.25, -0.2) is 0 Å². The van der Waals surface area contributed by atoms with Crippen LogP contribution >= 0.6 is 0 Å². The zero-order valence-corrected chi connectivity index (χ0v) is 11.6. The van der Waals surface area contributed by atoms with Gasteiger partial charge in [-0.3, -0.25) is 4.79 Å². The van der Waals surface area contributed by atoms with Gasteiger partial charge in [0.15, 0.2) is 0 Å². The molecule has 0 spiro atoms. The van der Waals surface area contributed by atoms with Crippen molar-refractivity contribution in [2.24, 2.45) is 0 Å². The predicted molar refractivity (Wildman–Crippen MR) is 79.4 cm³/mol. The first-order valence-corrected chi connectivity index (χ1v) is 7.27. The van der Waals surface area contributed by atoms with Gasteiger partial charge < -0.3 is 9.47 Å². The topological polar surface area (TPSA) is 25.2 Å². The summed E-state index contributed by atoms with van der Waals surface area (Å²) in [6, 6.07) is 14.7. The van der Waals surface area contributed by atoms with Crippen molar-refractivity contribution in [2.75, 3.05) is 13.1 Å². The van der Waals surface area contributed by atoms with Crippen LogP contribution in [0.3, 0.4) is 0 Å². The smallest absolute Gasteiger partial charge is 0.226 e. The SMILES string of the molecule is O=C(Cc1ccccc1)N1CCC(n2cccc2)CC1. The Hall–Kier alpha value is -2.03. The number of benzene rings is 1. The third-order valence-electron chi connectivity index (χ3n) is 4.06. The zero-order chi connectivity index (χ0) is 13.8. The minimum Gasteiger partial charge on any atom is -0.351 e. The average molecular weight is 268 g/mol. The Kier molecular flexibility index (Phi) is 3.86. The number of rotatable bonds is 3. The van der Waals surface area contributed by atoms with E-state index >= 15 is 0 Å². The van der Waals surface area contributed by atoms with Crippen LogP contribution in [0.15, 0.2) is 54.9 Å². The van der Waals surface area contributed by atoms with Gasteiger partial charge in [-0.2, -0.15) is 0 Å². The Labute approximate surface area is 119 Å². The van der Waals surface area contributed by atoms with Gasteiger partial charge in [-0.05, 0) is 30.5 Å². The van der Waals surface area contributed by atoms with Gasteiger partial charge in [0.25, 0.3) is 0 Å². The van der Waals surface area contributed by atoms with Gasteiger partial charge in [0, 0.05) is 31.5 Å². The highest BCUT2D eigenvalue weighted by atomic mass is 16.2. The molecule has 1 aliphatic heterocycles. The molecule has 1 aromatic carbocycles. The van der Waals surface area contributed by atoms with Crippen LogP contribution in [-0.2, 0) is 11.2 Å². The highest BCUT2D eigenvalue weighted by molar-refractivity contribution is 5.78. The van der Waals surface area contributed by atoms with Crippen molar-refractivity contribution in [3.63, 3.8) is 0 Å². The molecule has 3 rings (SSSR count). The summed E-state index contributed by atoms with van der Waals surface area (Å²) in [4.78, 5) is 14.3. The number of carbonyl (C=O) groups is 1. The van der Waals surface area contributed by atoms with Gasteiger partial charge in [-0.15, -0.1) is 0 Å². The van der Waals surface area contributed by atoms with Crippen LogP contribution in [-0.4, -0.2) is 28.5 Å². The molecule has 104 valence electrons. The first-order chi connectivity index (χ1) is 9.83. The molecule has 3 nitrogen and oxygen atoms in total. The van der Waals surface area contributed by atoms with E-state index in [1.165, 1.54) is 0 Å². The van der Waals surface area contributed by atoms with E-state index in [2.05, 4.69) is 29.1 Å². The Bertz CT molecular complexity index is 540. The van der Waals surface area contributed by atoms with Crippen LogP contribution in [0, 0.1) is 0 Å². The Morgan fingerprint density at radius 1 is 1.00 bits per heavy atom. The number of amides is 1. The lowest BCUT2D eigenvalue weighted by Crippen LogP contribution is -2.39. The maximum Gasteiger partial charge on any atom is 0.226 e. The third-order valence-corrected chi connectivity index (χ3v) is 4.06. The summed E-state index contributed by atoms with van der Waals surface area (Å²) in [6.07, 6.45) is 6.86. The van der Waals surface area contributed by atoms with Crippen LogP contribution in [0.5, 0.6) is 0 Å². The van der Waals surface area contributed by atoms with Gasteiger partial charge in [-0.1, -0.05) is 30.3 Å². The van der Waals surface area contributed by atoms with E-state index in [4.69, 9.17) is 0 Å². The summed E-state index contributed by atoms with van der Waals surface area (Å²) < 4.78 is 2.26. The van der Waals surface area contributed by atoms with Crippen molar-refractivity contribution < 1.29 is 4.79 Å². The van der Waals surface area contributed by atoms with Crippen LogP contribution in [0.1, 0.15) is 24.4 Å². The zero-order valence-electron chi connectivity index (χ0n) is 11.6. The van der Waals surface area contributed by atoms with E-state index in [9.17, 15) is 4.79 Å². The number of carbonyl (C=O) groups excluding carboxylic acids is 1. The lowest BCUT2D eigenvalue weighted by atomic mass is 10.0. The highest BCUT2D eigenvalue weighted by Crippen LogP contribution is 2.22. The fraction of sp³-hybridized carbons (Fsp3) is 0.353. The number of likely N-dealkylation sites (tertiary alicyclic amines) is 1. The van der Waals surface area contributed by atoms with Gasteiger partial charge in [0.1, 0.15) is 0 Å². The second-order valence-corrected chi connectivity index (χ2v) is 5.40. The predicted octanol–water partition coefficient (Wildman–Crippen LogP) is 2.89. The van der Waals surface area contributed by atoms with E-state index in [1.807, 2.05) is 35.2 Å². The Morgan fingerprint density at radius 3 is 2.30 bits per heavy atom. The largest absolute Gasteiger partial charge is 0.351 e. The summed E-state index contributed by atoms with van der Waals surface area (Å²) in [7, 11) is 0. The molecule has 1 saturated heterocycles. The molecule has 20 heavy (non-hydrogen) atoms. The molecular weight excluding hydrogens is 248 g/mol. The maximum absolute atomic E-state index is 12.3. The summed E-state index contributed by atoms with van der Waals surface area (Å²) in [5, 5.41) is 0. The molecule has 3 heteroatoms. The third kappa shape index (κ3) is 2.93. The van der Waals surface area contributed by atoms with Crippen molar-refractivity contribution in [2.45, 2.75) is 25.3 Å². The van der Waals surface area contributed by atoms with Crippen LogP contribution in [0.4, 0.5) is 0 Å². The van der Waals surface area contributed by atoms with E-state index in [0.29, 0.717) is 12.5 Å². The molecular formula is C17H20N2O. The van der Waals surface area contributed by atoms with E-state index < -0.39 is 0 Å². The minimum atomic E-state index is 0.252. The average Bonchev–Trinajstić information content (AvgIpc) is 3.03. The molecule has 2 heterocycles. The second-order valence-electron chi connectivity index (χ2n) is 5.40. The molecule has 1 amide bonds. The summed E-state index contributed by atoms with van der Waals surface area (Å²) in [5.74, 6) is 0.252. The number of hydrogen-bond acceptors (Lipinski definition) is 1. The monoisotopic (exact) mass is 268 g/mol. The van der Waals surface area contributed by atoms with Crippen molar-refractivity contribution >= 4 is 5.91 Å². The molecule has 0 atom stereocenters. The van der Waals surface area contributed by atoms with Crippen LogP contribution < -0.4 is 0 Å². The molecule has 1 fully saturated rings. The molecule has 0 N–H and O–H groups in total. The van der Waals surface area contributed by atoms with Crippen molar-refractivity contribution in [1.29, 1.82) is 0 Å². The van der Waals surface area contributed by atoms with Crippen molar-refractivity contribution in [1.82, 2.24) is 9.47 Å². The minimum absolute atomic E-state index is 0.252. The maximum atomic E-state index is 12.3. The van der Waals surface area contributed by atoms with Gasteiger partial charge in [0.05, 0.1) is 6.42 Å². The van der Waals surface area contributed by atoms with Crippen molar-refractivity contribution in [3.8, 4) is 0 Å². The fourth-order valence-corrected chi connectivity index (χ4v) is 2.89. The van der Waals surface area contributed by atoms with E-state index in [0.717, 1.165) is 31.5 Å². The Balaban J connectivity index is 1.54. The number of aromatic nitrogens is 1. The molecule has 0 radical (unpaired) electrons. The lowest BCUT2D eigenvalue weighted by molar-refractivity contribution is -0.131. The first-order valence-electron chi connectivity index (χ1n) is 7.27. The summed E-state index contributed by atoms with van der Waals surface area (Å²) >= 11 is 0. The fourth-order valence-electron chi connectivity index (χ4n) is 2.89. The standard InChI is InChI=1S/C17H20N2O/c20-17(14-15-6-2-1-3-7-15)19-12-8-16(9-13-19)18-10-4-5-11-18/h1-7,10-11,16H,8-9,12-14H2. The molecule has 0 aliphatic carbocycles. The quantitative estimate of drug-likeness (QED) is 0.840. The van der Waals surface area contributed by atoms with Gasteiger partial charge in [0.2, 0.25) is 5.91 Å². The lowest BCUT2D eigenvalue weighted by Gasteiger charge is -2.33. The number of nitrogens with zero attached hydrogens (tertiary/aromatic N) is 2. The second kappa shape index (κ2) is 5.95. The molecule has 1 aliphatic rings. The molecule has 0 bridgehead atoms. The van der Waals surface area contributed by atoms with Crippen LogP contribution in [0.25, 0.3) is 0 Å². The molecule has 0 saturated carbocycles. The van der Waals surface area contributed by atoms with E-state index in [-0.39, 0.29) is 5.91 Å². The first kappa shape index (κ1) is 13.0. The summed E-state index contributed by atoms with van der Waals surface area (Å²) in [6.45, 7) is 1.74.